The van der Waals surface area contributed by atoms with Crippen molar-refractivity contribution in [2.24, 2.45) is 4.99 Å². The van der Waals surface area contributed by atoms with Gasteiger partial charge in [-0.2, -0.15) is 5.26 Å². The maximum atomic E-state index is 13.0. The zero-order chi connectivity index (χ0) is 18.9. The molecule has 2 aromatic carbocycles. The van der Waals surface area contributed by atoms with Crippen molar-refractivity contribution in [3.8, 4) is 17.2 Å². The maximum Gasteiger partial charge on any atom is 0.295 e. The molecule has 0 bridgehead atoms. The van der Waals surface area contributed by atoms with Crippen molar-refractivity contribution in [3.05, 3.63) is 59.7 Å². The normalized spacial score (nSPS) is 17.9. The summed E-state index contributed by atoms with van der Waals surface area (Å²) < 4.78 is 5.40. The molecular formula is C22H21N3O2. The first kappa shape index (κ1) is 17.3. The molecule has 0 atom stereocenters. The molecule has 1 saturated carbocycles. The van der Waals surface area contributed by atoms with Gasteiger partial charge in [-0.05, 0) is 35.6 Å². The van der Waals surface area contributed by atoms with Crippen molar-refractivity contribution in [1.82, 2.24) is 4.90 Å². The van der Waals surface area contributed by atoms with Gasteiger partial charge >= 0.3 is 0 Å². The second-order valence-electron chi connectivity index (χ2n) is 7.08. The predicted octanol–water partition coefficient (Wildman–Crippen LogP) is 3.88. The van der Waals surface area contributed by atoms with Crippen LogP contribution < -0.4 is 0 Å². The van der Waals surface area contributed by atoms with E-state index in [1.165, 1.54) is 0 Å². The number of carbonyl (C=O) groups is 1. The lowest BCUT2D eigenvalue weighted by Gasteiger charge is -2.21. The highest BCUT2D eigenvalue weighted by Gasteiger charge is 2.50. The van der Waals surface area contributed by atoms with Crippen LogP contribution in [0.5, 0.6) is 0 Å². The van der Waals surface area contributed by atoms with Gasteiger partial charge in [0.05, 0.1) is 25.3 Å². The summed E-state index contributed by atoms with van der Waals surface area (Å²) >= 11 is 0. The highest BCUT2D eigenvalue weighted by Crippen LogP contribution is 2.39. The predicted molar refractivity (Wildman–Crippen MR) is 103 cm³/mol. The lowest BCUT2D eigenvalue weighted by Crippen LogP contribution is -2.40. The number of benzene rings is 2. The van der Waals surface area contributed by atoms with E-state index in [1.807, 2.05) is 48.5 Å². The summed E-state index contributed by atoms with van der Waals surface area (Å²) in [7, 11) is 1.56. The topological polar surface area (TPSA) is 65.7 Å². The Hall–Kier alpha value is -3.13. The van der Waals surface area contributed by atoms with E-state index in [0.717, 1.165) is 42.4 Å². The Labute approximate surface area is 158 Å². The van der Waals surface area contributed by atoms with Crippen molar-refractivity contribution in [1.29, 1.82) is 5.26 Å². The van der Waals surface area contributed by atoms with Crippen LogP contribution in [0.15, 0.2) is 53.5 Å². The zero-order valence-corrected chi connectivity index (χ0v) is 15.3. The summed E-state index contributed by atoms with van der Waals surface area (Å²) in [5.74, 6) is 0.0516. The van der Waals surface area contributed by atoms with Crippen molar-refractivity contribution in [2.75, 3.05) is 7.11 Å². The molecule has 1 aliphatic heterocycles. The number of amidine groups is 1. The van der Waals surface area contributed by atoms with E-state index in [4.69, 9.17) is 4.74 Å². The molecule has 2 aromatic rings. The highest BCUT2D eigenvalue weighted by atomic mass is 16.5. The van der Waals surface area contributed by atoms with Gasteiger partial charge in [0, 0.05) is 0 Å². The molecule has 0 radical (unpaired) electrons. The number of hydrogen-bond acceptors (Lipinski definition) is 4. The number of amides is 1. The molecule has 2 aliphatic rings. The molecule has 1 fully saturated rings. The fraction of sp³-hybridized carbons (Fsp3) is 0.318. The number of ether oxygens (including phenoxy) is 1. The Bertz CT molecular complexity index is 935. The van der Waals surface area contributed by atoms with Gasteiger partial charge in [-0.1, -0.05) is 55.3 Å². The molecule has 1 heterocycles. The minimum absolute atomic E-state index is 0.0516. The zero-order valence-electron chi connectivity index (χ0n) is 15.3. The molecule has 5 heteroatoms. The maximum absolute atomic E-state index is 13.0. The van der Waals surface area contributed by atoms with Crippen molar-refractivity contribution >= 4 is 11.9 Å². The van der Waals surface area contributed by atoms with Crippen LogP contribution in [0, 0.1) is 11.3 Å². The van der Waals surface area contributed by atoms with Gasteiger partial charge in [-0.15, -0.1) is 0 Å². The fourth-order valence-electron chi connectivity index (χ4n) is 4.01. The molecule has 4 rings (SSSR count). The SMILES string of the molecule is COC1=NC2(CCCC2)C(=O)N1Cc1ccc(-c2ccccc2C#N)cc1. The van der Waals surface area contributed by atoms with Gasteiger partial charge in [-0.25, -0.2) is 4.99 Å². The third kappa shape index (κ3) is 2.97. The van der Waals surface area contributed by atoms with Crippen LogP contribution in [0.25, 0.3) is 11.1 Å². The van der Waals surface area contributed by atoms with Gasteiger partial charge in [-0.3, -0.25) is 9.69 Å². The van der Waals surface area contributed by atoms with E-state index < -0.39 is 5.54 Å². The summed E-state index contributed by atoms with van der Waals surface area (Å²) in [5, 5.41) is 9.29. The largest absolute Gasteiger partial charge is 0.468 e. The first-order valence-corrected chi connectivity index (χ1v) is 9.21. The third-order valence-electron chi connectivity index (χ3n) is 5.45. The fourth-order valence-corrected chi connectivity index (χ4v) is 4.01. The van der Waals surface area contributed by atoms with Gasteiger partial charge in [0.15, 0.2) is 0 Å². The molecule has 27 heavy (non-hydrogen) atoms. The average Bonchev–Trinajstić information content (AvgIpc) is 3.29. The van der Waals surface area contributed by atoms with E-state index in [-0.39, 0.29) is 5.91 Å². The van der Waals surface area contributed by atoms with Crippen LogP contribution in [-0.4, -0.2) is 29.5 Å². The Balaban J connectivity index is 1.56. The van der Waals surface area contributed by atoms with Gasteiger partial charge in [0.2, 0.25) is 0 Å². The standard InChI is InChI=1S/C22H21N3O2/c1-27-21-24-22(12-4-5-13-22)20(26)25(21)15-16-8-10-17(11-9-16)19-7-3-2-6-18(19)14-23/h2-3,6-11H,4-5,12-13,15H2,1H3. The first-order chi connectivity index (χ1) is 13.2. The smallest absolute Gasteiger partial charge is 0.295 e. The number of nitriles is 1. The number of methoxy groups -OCH3 is 1. The molecule has 1 aliphatic carbocycles. The molecular weight excluding hydrogens is 338 g/mol. The minimum Gasteiger partial charge on any atom is -0.468 e. The van der Waals surface area contributed by atoms with Crippen LogP contribution in [0.4, 0.5) is 0 Å². The van der Waals surface area contributed by atoms with Crippen LogP contribution in [0.3, 0.4) is 0 Å². The quantitative estimate of drug-likeness (QED) is 0.835. The second-order valence-corrected chi connectivity index (χ2v) is 7.08. The van der Waals surface area contributed by atoms with E-state index in [2.05, 4.69) is 11.1 Å². The molecule has 0 N–H and O–H groups in total. The van der Waals surface area contributed by atoms with Crippen LogP contribution in [0.1, 0.15) is 36.8 Å². The van der Waals surface area contributed by atoms with E-state index >= 15 is 0 Å². The summed E-state index contributed by atoms with van der Waals surface area (Å²) in [4.78, 5) is 19.2. The summed E-state index contributed by atoms with van der Waals surface area (Å²) in [6.07, 6.45) is 3.68. The molecule has 1 spiro atoms. The Morgan fingerprint density at radius 2 is 1.85 bits per heavy atom. The van der Waals surface area contributed by atoms with E-state index in [1.54, 1.807) is 12.0 Å². The molecule has 136 valence electrons. The highest BCUT2D eigenvalue weighted by molar-refractivity contribution is 6.05. The molecule has 0 unspecified atom stereocenters. The summed E-state index contributed by atoms with van der Waals surface area (Å²) in [5.41, 5.74) is 2.94. The monoisotopic (exact) mass is 359 g/mol. The van der Waals surface area contributed by atoms with Crippen molar-refractivity contribution < 1.29 is 9.53 Å². The van der Waals surface area contributed by atoms with E-state index in [0.29, 0.717) is 18.1 Å². The van der Waals surface area contributed by atoms with Crippen LogP contribution in [-0.2, 0) is 16.1 Å². The first-order valence-electron chi connectivity index (χ1n) is 9.21. The average molecular weight is 359 g/mol. The Morgan fingerprint density at radius 1 is 1.15 bits per heavy atom. The number of rotatable bonds is 3. The van der Waals surface area contributed by atoms with Crippen molar-refractivity contribution in [2.45, 2.75) is 37.8 Å². The van der Waals surface area contributed by atoms with Crippen LogP contribution in [0.2, 0.25) is 0 Å². The van der Waals surface area contributed by atoms with E-state index in [9.17, 15) is 10.1 Å². The number of aliphatic imine (C=N–C) groups is 1. The van der Waals surface area contributed by atoms with Gasteiger partial charge in [0.25, 0.3) is 11.9 Å². The molecule has 5 nitrogen and oxygen atoms in total. The number of nitrogens with zero attached hydrogens (tertiary/aromatic N) is 3. The molecule has 0 saturated heterocycles. The molecule has 1 amide bonds. The van der Waals surface area contributed by atoms with Crippen LogP contribution >= 0.6 is 0 Å². The number of hydrogen-bond donors (Lipinski definition) is 0. The lowest BCUT2D eigenvalue weighted by atomic mass is 9.97. The third-order valence-corrected chi connectivity index (χ3v) is 5.45. The van der Waals surface area contributed by atoms with Gasteiger partial charge < -0.3 is 4.74 Å². The van der Waals surface area contributed by atoms with Gasteiger partial charge in [0.1, 0.15) is 5.54 Å². The summed E-state index contributed by atoms with van der Waals surface area (Å²) in [6, 6.07) is 18.1. The lowest BCUT2D eigenvalue weighted by molar-refractivity contribution is -0.131. The van der Waals surface area contributed by atoms with Crippen molar-refractivity contribution in [3.63, 3.8) is 0 Å². The minimum atomic E-state index is -0.600. The Morgan fingerprint density at radius 3 is 2.52 bits per heavy atom. The Kier molecular flexibility index (Phi) is 4.41. The second kappa shape index (κ2) is 6.88. The summed E-state index contributed by atoms with van der Waals surface area (Å²) in [6.45, 7) is 0.438. The number of carbonyl (C=O) groups excluding carboxylic acids is 1. The molecule has 0 aromatic heterocycles.